The van der Waals surface area contributed by atoms with Gasteiger partial charge in [-0.25, -0.2) is 0 Å². The molecule has 0 amide bonds. The largest absolute Gasteiger partial charge is 0.481 e. The molecule has 4 heteroatoms. The fourth-order valence-corrected chi connectivity index (χ4v) is 2.33. The maximum atomic E-state index is 10.1. The van der Waals surface area contributed by atoms with Crippen molar-refractivity contribution in [1.29, 1.82) is 0 Å². The molecule has 0 unspecified atom stereocenters. The number of rotatable bonds is 6. The van der Waals surface area contributed by atoms with E-state index >= 15 is 0 Å². The number of carboxylic acids is 1. The molecule has 0 spiro atoms. The van der Waals surface area contributed by atoms with Gasteiger partial charge in [-0.1, -0.05) is 0 Å². The van der Waals surface area contributed by atoms with Crippen LogP contribution < -0.4 is 0 Å². The van der Waals surface area contributed by atoms with E-state index in [1.54, 1.807) is 23.5 Å². The summed E-state index contributed by atoms with van der Waals surface area (Å²) in [5.74, 6) is -0.689. The predicted octanol–water partition coefficient (Wildman–Crippen LogP) is 2.29. The Morgan fingerprint density at radius 2 is 2.00 bits per heavy atom. The highest BCUT2D eigenvalue weighted by molar-refractivity contribution is 8.16. The van der Waals surface area contributed by atoms with E-state index in [-0.39, 0.29) is 0 Å². The minimum Gasteiger partial charge on any atom is -0.481 e. The molecule has 0 fully saturated rings. The van der Waals surface area contributed by atoms with Gasteiger partial charge in [0.2, 0.25) is 0 Å². The van der Waals surface area contributed by atoms with Crippen LogP contribution in [-0.4, -0.2) is 28.2 Å². The van der Waals surface area contributed by atoms with Gasteiger partial charge in [-0.3, -0.25) is 4.79 Å². The van der Waals surface area contributed by atoms with Crippen molar-refractivity contribution in [2.75, 3.05) is 12.5 Å². The minimum absolute atomic E-state index is 0.303. The molecule has 11 heavy (non-hydrogen) atoms. The lowest BCUT2D eigenvalue weighted by atomic mass is 10.2. The first-order valence-corrected chi connectivity index (χ1v) is 6.05. The number of thioether (sulfide) groups is 2. The van der Waals surface area contributed by atoms with E-state index < -0.39 is 5.97 Å². The van der Waals surface area contributed by atoms with Gasteiger partial charge in [0.15, 0.2) is 0 Å². The van der Waals surface area contributed by atoms with Crippen LogP contribution in [0, 0.1) is 0 Å². The molecule has 0 aliphatic rings. The van der Waals surface area contributed by atoms with Gasteiger partial charge in [0, 0.05) is 11.0 Å². The molecular formula is C7H14O2S2. The average Bonchev–Trinajstić information content (AvgIpc) is 1.98. The topological polar surface area (TPSA) is 37.3 Å². The van der Waals surface area contributed by atoms with Crippen LogP contribution in [0.3, 0.4) is 0 Å². The Morgan fingerprint density at radius 1 is 1.45 bits per heavy atom. The molecule has 66 valence electrons. The van der Waals surface area contributed by atoms with Crippen LogP contribution in [0.5, 0.6) is 0 Å². The lowest BCUT2D eigenvalue weighted by Crippen LogP contribution is -1.99. The van der Waals surface area contributed by atoms with Gasteiger partial charge in [0.1, 0.15) is 0 Å². The Bertz CT molecular complexity index is 113. The van der Waals surface area contributed by atoms with Crippen molar-refractivity contribution in [3.63, 3.8) is 0 Å². The quantitative estimate of drug-likeness (QED) is 0.658. The van der Waals surface area contributed by atoms with Crippen molar-refractivity contribution in [3.05, 3.63) is 0 Å². The van der Waals surface area contributed by atoms with Gasteiger partial charge in [-0.2, -0.15) is 23.5 Å². The predicted molar refractivity (Wildman–Crippen MR) is 52.3 cm³/mol. The standard InChI is InChI=1S/C7H14O2S2/c1-10-7(11-2)5-3-4-6(8)9/h7H,3-5H2,1-2H3,(H,8,9). The van der Waals surface area contributed by atoms with E-state index in [0.29, 0.717) is 11.0 Å². The Morgan fingerprint density at radius 3 is 2.36 bits per heavy atom. The summed E-state index contributed by atoms with van der Waals surface area (Å²) in [5, 5.41) is 8.36. The van der Waals surface area contributed by atoms with Crippen molar-refractivity contribution in [3.8, 4) is 0 Å². The summed E-state index contributed by atoms with van der Waals surface area (Å²) in [6, 6.07) is 0. The van der Waals surface area contributed by atoms with Crippen LogP contribution in [0.2, 0.25) is 0 Å². The van der Waals surface area contributed by atoms with Crippen molar-refractivity contribution >= 4 is 29.5 Å². The van der Waals surface area contributed by atoms with Gasteiger partial charge in [0.05, 0.1) is 0 Å². The van der Waals surface area contributed by atoms with Gasteiger partial charge in [-0.15, -0.1) is 0 Å². The van der Waals surface area contributed by atoms with Crippen LogP contribution in [0.25, 0.3) is 0 Å². The van der Waals surface area contributed by atoms with Crippen LogP contribution in [-0.2, 0) is 4.79 Å². The summed E-state index contributed by atoms with van der Waals surface area (Å²) >= 11 is 3.58. The second-order valence-corrected chi connectivity index (χ2v) is 4.57. The zero-order valence-electron chi connectivity index (χ0n) is 6.87. The molecule has 0 atom stereocenters. The van der Waals surface area contributed by atoms with Crippen LogP contribution in [0.4, 0.5) is 0 Å². The number of hydrogen-bond acceptors (Lipinski definition) is 3. The third-order valence-corrected chi connectivity index (χ3v) is 4.03. The number of aliphatic carboxylic acids is 1. The zero-order valence-corrected chi connectivity index (χ0v) is 8.50. The third-order valence-electron chi connectivity index (χ3n) is 1.36. The van der Waals surface area contributed by atoms with E-state index in [0.717, 1.165) is 12.8 Å². The summed E-state index contributed by atoms with van der Waals surface area (Å²) in [6.07, 6.45) is 6.21. The fourth-order valence-electron chi connectivity index (χ4n) is 0.752. The summed E-state index contributed by atoms with van der Waals surface area (Å²) in [6.45, 7) is 0. The summed E-state index contributed by atoms with van der Waals surface area (Å²) in [4.78, 5) is 10.1. The first-order chi connectivity index (χ1) is 5.20. The molecule has 0 bridgehead atoms. The SMILES string of the molecule is CSC(CCCC(=O)O)SC. The lowest BCUT2D eigenvalue weighted by Gasteiger charge is -2.08. The molecule has 0 aliphatic carbocycles. The maximum Gasteiger partial charge on any atom is 0.303 e. The van der Waals surface area contributed by atoms with Gasteiger partial charge in [-0.05, 0) is 25.4 Å². The Kier molecular flexibility index (Phi) is 6.96. The second-order valence-electron chi connectivity index (χ2n) is 2.19. The first-order valence-electron chi connectivity index (χ1n) is 3.48. The highest BCUT2D eigenvalue weighted by Crippen LogP contribution is 2.23. The molecule has 0 saturated carbocycles. The molecular weight excluding hydrogens is 180 g/mol. The molecule has 0 aromatic heterocycles. The average molecular weight is 194 g/mol. The Balaban J connectivity index is 3.28. The van der Waals surface area contributed by atoms with E-state index in [2.05, 4.69) is 12.5 Å². The van der Waals surface area contributed by atoms with E-state index in [9.17, 15) is 4.79 Å². The highest BCUT2D eigenvalue weighted by Gasteiger charge is 2.05. The van der Waals surface area contributed by atoms with Crippen molar-refractivity contribution in [2.45, 2.75) is 23.8 Å². The first kappa shape index (κ1) is 11.2. The van der Waals surface area contributed by atoms with Crippen LogP contribution in [0.15, 0.2) is 0 Å². The third kappa shape index (κ3) is 6.56. The van der Waals surface area contributed by atoms with E-state index in [1.807, 2.05) is 0 Å². The van der Waals surface area contributed by atoms with Crippen molar-refractivity contribution in [1.82, 2.24) is 0 Å². The number of hydrogen-bond donors (Lipinski definition) is 1. The van der Waals surface area contributed by atoms with Gasteiger partial charge >= 0.3 is 5.97 Å². The van der Waals surface area contributed by atoms with Crippen LogP contribution in [0.1, 0.15) is 19.3 Å². The van der Waals surface area contributed by atoms with Crippen molar-refractivity contribution in [2.24, 2.45) is 0 Å². The highest BCUT2D eigenvalue weighted by atomic mass is 32.2. The Hall–Kier alpha value is 0.170. The van der Waals surface area contributed by atoms with Crippen LogP contribution >= 0.6 is 23.5 Å². The van der Waals surface area contributed by atoms with E-state index in [1.165, 1.54) is 0 Å². The Labute approximate surface area is 76.1 Å². The normalized spacial score (nSPS) is 10.5. The molecule has 0 heterocycles. The molecule has 2 nitrogen and oxygen atoms in total. The smallest absolute Gasteiger partial charge is 0.303 e. The van der Waals surface area contributed by atoms with E-state index in [4.69, 9.17) is 5.11 Å². The molecule has 0 aromatic carbocycles. The monoisotopic (exact) mass is 194 g/mol. The minimum atomic E-state index is -0.689. The summed E-state index contributed by atoms with van der Waals surface area (Å²) < 4.78 is 0.564. The lowest BCUT2D eigenvalue weighted by molar-refractivity contribution is -0.137. The molecule has 0 saturated heterocycles. The van der Waals surface area contributed by atoms with Crippen molar-refractivity contribution < 1.29 is 9.90 Å². The fraction of sp³-hybridized carbons (Fsp3) is 0.857. The molecule has 0 aromatic rings. The van der Waals surface area contributed by atoms with Gasteiger partial charge in [0.25, 0.3) is 0 Å². The molecule has 1 N–H and O–H groups in total. The number of carboxylic acid groups (broad SMARTS) is 1. The maximum absolute atomic E-state index is 10.1. The molecule has 0 rings (SSSR count). The summed E-state index contributed by atoms with van der Waals surface area (Å²) in [5.41, 5.74) is 0. The van der Waals surface area contributed by atoms with Gasteiger partial charge < -0.3 is 5.11 Å². The zero-order chi connectivity index (χ0) is 8.69. The molecule has 0 radical (unpaired) electrons. The number of carbonyl (C=O) groups is 1. The summed E-state index contributed by atoms with van der Waals surface area (Å²) in [7, 11) is 0. The molecule has 0 aliphatic heterocycles. The second kappa shape index (κ2) is 6.85.